The third-order valence-electron chi connectivity index (χ3n) is 2.62. The van der Waals surface area contributed by atoms with Gasteiger partial charge in [-0.25, -0.2) is 4.98 Å². The first-order chi connectivity index (χ1) is 8.06. The van der Waals surface area contributed by atoms with Crippen molar-refractivity contribution in [2.75, 3.05) is 6.61 Å². The van der Waals surface area contributed by atoms with Crippen LogP contribution in [0.4, 0.5) is 5.82 Å². The van der Waals surface area contributed by atoms with Crippen LogP contribution in [-0.4, -0.2) is 54.7 Å². The number of imidazole rings is 1. The molecule has 1 aromatic rings. The van der Waals surface area contributed by atoms with Crippen LogP contribution in [0.2, 0.25) is 0 Å². The second-order valence-corrected chi connectivity index (χ2v) is 3.65. The largest absolute Gasteiger partial charge is 0.394 e. The summed E-state index contributed by atoms with van der Waals surface area (Å²) in [4.78, 5) is 13.6. The van der Waals surface area contributed by atoms with Crippen molar-refractivity contribution in [2.45, 2.75) is 24.5 Å². The van der Waals surface area contributed by atoms with E-state index in [0.29, 0.717) is 0 Å². The van der Waals surface area contributed by atoms with E-state index < -0.39 is 36.1 Å². The van der Waals surface area contributed by atoms with Crippen molar-refractivity contribution in [3.8, 4) is 0 Å². The minimum absolute atomic E-state index is 0.361. The van der Waals surface area contributed by atoms with E-state index in [4.69, 9.17) is 9.84 Å². The lowest BCUT2D eigenvalue weighted by Crippen LogP contribution is -2.33. The van der Waals surface area contributed by atoms with Crippen molar-refractivity contribution in [1.29, 1.82) is 0 Å². The lowest BCUT2D eigenvalue weighted by atomic mass is 10.1. The molecular formula is C8H11N3O6. The van der Waals surface area contributed by atoms with Gasteiger partial charge in [-0.3, -0.25) is 0 Å². The second kappa shape index (κ2) is 4.37. The lowest BCUT2D eigenvalue weighted by molar-refractivity contribution is -0.394. The van der Waals surface area contributed by atoms with Crippen LogP contribution in [-0.2, 0) is 4.74 Å². The standard InChI is InChI=1S/C8H11N3O6/c12-2-4-6(13)7(14)8(17-4)10-3-9-1-5(10)11(15)16/h1,3-4,6-8,12-14H,2H2/t4-,6-,7-,8-/m1/s1/i11+1. The van der Waals surface area contributed by atoms with Crippen molar-refractivity contribution in [2.24, 2.45) is 0 Å². The molecule has 0 amide bonds. The summed E-state index contributed by atoms with van der Waals surface area (Å²) in [5.41, 5.74) is 0. The molecule has 9 nitrogen and oxygen atoms in total. The van der Waals surface area contributed by atoms with Crippen LogP contribution in [0.25, 0.3) is 0 Å². The summed E-state index contributed by atoms with van der Waals surface area (Å²) >= 11 is 0. The minimum Gasteiger partial charge on any atom is -0.394 e. The van der Waals surface area contributed by atoms with E-state index in [1.807, 2.05) is 0 Å². The first kappa shape index (κ1) is 11.9. The average Bonchev–Trinajstić information content (AvgIpc) is 2.86. The van der Waals surface area contributed by atoms with Gasteiger partial charge in [-0.2, -0.15) is 4.57 Å². The number of aromatic nitrogens is 2. The highest BCUT2D eigenvalue weighted by Gasteiger charge is 2.47. The molecule has 0 unspecified atom stereocenters. The highest BCUT2D eigenvalue weighted by atomic mass is 16.9. The van der Waals surface area contributed by atoms with Crippen molar-refractivity contribution in [1.82, 2.24) is 9.55 Å². The Kier molecular flexibility index (Phi) is 3.07. The number of ether oxygens (including phenoxy) is 1. The van der Waals surface area contributed by atoms with Gasteiger partial charge < -0.3 is 30.2 Å². The van der Waals surface area contributed by atoms with Crippen LogP contribution < -0.4 is 0 Å². The monoisotopic (exact) mass is 246 g/mol. The molecule has 3 N–H and O–H groups in total. The molecule has 0 spiro atoms. The molecule has 0 saturated carbocycles. The Labute approximate surface area is 95.0 Å². The summed E-state index contributed by atoms with van der Waals surface area (Å²) in [6.07, 6.45) is -2.64. The van der Waals surface area contributed by atoms with Gasteiger partial charge in [0.15, 0.2) is 6.33 Å². The predicted octanol–water partition coefficient (Wildman–Crippen LogP) is -1.60. The third-order valence-corrected chi connectivity index (χ3v) is 2.62. The fourth-order valence-corrected chi connectivity index (χ4v) is 1.74. The molecule has 1 fully saturated rings. The second-order valence-electron chi connectivity index (χ2n) is 3.65. The van der Waals surface area contributed by atoms with Gasteiger partial charge in [0, 0.05) is 0 Å². The molecule has 0 bridgehead atoms. The van der Waals surface area contributed by atoms with E-state index in [1.165, 1.54) is 0 Å². The van der Waals surface area contributed by atoms with E-state index in [9.17, 15) is 20.3 Å². The third kappa shape index (κ3) is 1.89. The predicted molar refractivity (Wildman–Crippen MR) is 51.9 cm³/mol. The van der Waals surface area contributed by atoms with Gasteiger partial charge in [0.05, 0.1) is 6.61 Å². The van der Waals surface area contributed by atoms with Gasteiger partial charge in [0.25, 0.3) is 0 Å². The summed E-state index contributed by atoms with van der Waals surface area (Å²) < 4.78 is 6.14. The number of hydrogen-bond acceptors (Lipinski definition) is 7. The molecule has 9 heteroatoms. The van der Waals surface area contributed by atoms with Crippen LogP contribution in [0.3, 0.4) is 0 Å². The molecule has 2 heterocycles. The zero-order valence-electron chi connectivity index (χ0n) is 8.58. The summed E-state index contributed by atoms with van der Waals surface area (Å²) in [5.74, 6) is -0.361. The topological polar surface area (TPSA) is 131 Å². The molecule has 0 radical (unpaired) electrons. The first-order valence-electron chi connectivity index (χ1n) is 4.85. The van der Waals surface area contributed by atoms with E-state index in [2.05, 4.69) is 4.98 Å². The molecule has 2 rings (SSSR count). The fourth-order valence-electron chi connectivity index (χ4n) is 1.74. The van der Waals surface area contributed by atoms with Crippen molar-refractivity contribution >= 4 is 5.82 Å². The average molecular weight is 246 g/mol. The molecular weight excluding hydrogens is 235 g/mol. The van der Waals surface area contributed by atoms with Crippen molar-refractivity contribution in [3.63, 3.8) is 0 Å². The van der Waals surface area contributed by atoms with E-state index >= 15 is 0 Å². The number of rotatable bonds is 3. The Morgan fingerprint density at radius 1 is 1.53 bits per heavy atom. The number of hydrogen-bond donors (Lipinski definition) is 3. The maximum Gasteiger partial charge on any atom is 0.344 e. The minimum atomic E-state index is -1.36. The van der Waals surface area contributed by atoms with Gasteiger partial charge in [-0.05, 0) is 4.92 Å². The molecule has 94 valence electrons. The van der Waals surface area contributed by atoms with E-state index in [1.54, 1.807) is 0 Å². The van der Waals surface area contributed by atoms with Crippen LogP contribution in [0.15, 0.2) is 12.5 Å². The molecule has 1 aromatic heterocycles. The summed E-state index contributed by atoms with van der Waals surface area (Å²) in [6.45, 7) is -0.489. The Balaban J connectivity index is 2.29. The zero-order valence-corrected chi connectivity index (χ0v) is 8.58. The molecule has 1 aliphatic heterocycles. The quantitative estimate of drug-likeness (QED) is 0.332. The fraction of sp³-hybridized carbons (Fsp3) is 0.625. The lowest BCUT2D eigenvalue weighted by Gasteiger charge is -2.12. The summed E-state index contributed by atoms with van der Waals surface area (Å²) in [5, 5.41) is 38.8. The Morgan fingerprint density at radius 2 is 2.24 bits per heavy atom. The normalized spacial score (nSPS) is 32.9. The number of aliphatic hydroxyl groups is 3. The summed E-state index contributed by atoms with van der Waals surface area (Å²) in [7, 11) is 0. The molecule has 4 atom stereocenters. The molecule has 1 saturated heterocycles. The first-order valence-corrected chi connectivity index (χ1v) is 4.85. The van der Waals surface area contributed by atoms with Crippen LogP contribution >= 0.6 is 0 Å². The molecule has 17 heavy (non-hydrogen) atoms. The van der Waals surface area contributed by atoms with Crippen molar-refractivity contribution < 1.29 is 25.0 Å². The zero-order chi connectivity index (χ0) is 12.6. The Hall–Kier alpha value is -1.55. The van der Waals surface area contributed by atoms with Gasteiger partial charge in [-0.1, -0.05) is 0 Å². The number of nitro groups is 1. The SMILES string of the molecule is O=[15N+]([O-])c1cncn1[C@@H]1O[C@H](CO)[C@@H](O)[C@H]1O. The number of aliphatic hydroxyl groups excluding tert-OH is 3. The molecule has 0 aromatic carbocycles. The van der Waals surface area contributed by atoms with Crippen molar-refractivity contribution in [3.05, 3.63) is 22.6 Å². The maximum absolute atomic E-state index is 10.7. The Morgan fingerprint density at radius 3 is 2.76 bits per heavy atom. The van der Waals surface area contributed by atoms with E-state index in [0.717, 1.165) is 17.1 Å². The van der Waals surface area contributed by atoms with Crippen LogP contribution in [0, 0.1) is 10.1 Å². The van der Waals surface area contributed by atoms with Gasteiger partial charge in [-0.15, -0.1) is 0 Å². The van der Waals surface area contributed by atoms with Gasteiger partial charge in [0.1, 0.15) is 24.5 Å². The van der Waals surface area contributed by atoms with E-state index in [-0.39, 0.29) is 5.82 Å². The smallest absolute Gasteiger partial charge is 0.344 e. The Bertz CT molecular complexity index is 421. The van der Waals surface area contributed by atoms with Crippen LogP contribution in [0.5, 0.6) is 0 Å². The highest BCUT2D eigenvalue weighted by molar-refractivity contribution is 5.16. The highest BCUT2D eigenvalue weighted by Crippen LogP contribution is 2.31. The number of nitrogens with zero attached hydrogens (tertiary/aromatic N) is 3. The molecule has 0 aliphatic carbocycles. The molecule has 1 aliphatic rings. The van der Waals surface area contributed by atoms with Gasteiger partial charge in [0.2, 0.25) is 6.23 Å². The van der Waals surface area contributed by atoms with Gasteiger partial charge >= 0.3 is 5.82 Å². The maximum atomic E-state index is 10.7. The van der Waals surface area contributed by atoms with Crippen LogP contribution in [0.1, 0.15) is 6.23 Å². The summed E-state index contributed by atoms with van der Waals surface area (Å²) in [6, 6.07) is 0.